The third-order valence-corrected chi connectivity index (χ3v) is 4.21. The second-order valence-corrected chi connectivity index (χ2v) is 6.26. The van der Waals surface area contributed by atoms with Crippen molar-refractivity contribution in [3.05, 3.63) is 65.2 Å². The van der Waals surface area contributed by atoms with E-state index in [9.17, 15) is 13.6 Å². The van der Waals surface area contributed by atoms with E-state index in [0.29, 0.717) is 12.0 Å². The second kappa shape index (κ2) is 8.27. The van der Waals surface area contributed by atoms with E-state index >= 15 is 0 Å². The predicted molar refractivity (Wildman–Crippen MR) is 92.5 cm³/mol. The van der Waals surface area contributed by atoms with Crippen LogP contribution in [0.15, 0.2) is 47.4 Å². The van der Waals surface area contributed by atoms with Crippen molar-refractivity contribution in [2.45, 2.75) is 17.7 Å². The molecule has 0 spiro atoms. The van der Waals surface area contributed by atoms with E-state index in [4.69, 9.17) is 11.6 Å². The second-order valence-electron chi connectivity index (χ2n) is 4.96. The van der Waals surface area contributed by atoms with Gasteiger partial charge in [-0.25, -0.2) is 8.78 Å². The first-order valence-corrected chi connectivity index (χ1v) is 8.57. The van der Waals surface area contributed by atoms with E-state index in [1.54, 1.807) is 17.8 Å². The Hall–Kier alpha value is -1.65. The number of rotatable bonds is 6. The van der Waals surface area contributed by atoms with Crippen LogP contribution in [-0.2, 0) is 4.79 Å². The van der Waals surface area contributed by atoms with E-state index in [2.05, 4.69) is 0 Å². The smallest absolute Gasteiger partial charge is 0.221 e. The summed E-state index contributed by atoms with van der Waals surface area (Å²) >= 11 is 7.04. The minimum absolute atomic E-state index is 0.162. The average molecular weight is 353 g/mol. The van der Waals surface area contributed by atoms with Gasteiger partial charge in [-0.1, -0.05) is 18.2 Å². The molecule has 0 N–H and O–H groups in total. The molecular weight excluding hydrogens is 338 g/mol. The highest BCUT2D eigenvalue weighted by Crippen LogP contribution is 2.26. The minimum atomic E-state index is -0.637. The van der Waals surface area contributed by atoms with Crippen molar-refractivity contribution in [1.29, 1.82) is 0 Å². The molecule has 0 radical (unpaired) electrons. The van der Waals surface area contributed by atoms with Crippen LogP contribution in [0.25, 0.3) is 11.6 Å². The number of hydrogen-bond donors (Lipinski definition) is 0. The lowest BCUT2D eigenvalue weighted by atomic mass is 9.98. The van der Waals surface area contributed by atoms with Crippen molar-refractivity contribution >= 4 is 40.3 Å². The van der Waals surface area contributed by atoms with Crippen LogP contribution in [0.3, 0.4) is 0 Å². The van der Waals surface area contributed by atoms with Crippen LogP contribution in [-0.4, -0.2) is 11.5 Å². The molecule has 1 nitrogen and oxygen atoms in total. The Labute approximate surface area is 143 Å². The molecule has 0 fully saturated rings. The number of benzene rings is 2. The molecule has 0 saturated heterocycles. The van der Waals surface area contributed by atoms with E-state index in [0.717, 1.165) is 22.1 Å². The first kappa shape index (κ1) is 17.7. The monoisotopic (exact) mass is 352 g/mol. The maximum absolute atomic E-state index is 13.3. The Balaban J connectivity index is 2.38. The average Bonchev–Trinajstić information content (AvgIpc) is 2.50. The third-order valence-electron chi connectivity index (χ3n) is 3.28. The predicted octanol–water partition coefficient (Wildman–Crippen LogP) is 5.77. The van der Waals surface area contributed by atoms with Gasteiger partial charge in [0.15, 0.2) is 0 Å². The van der Waals surface area contributed by atoms with Crippen LogP contribution in [0.2, 0.25) is 0 Å². The summed E-state index contributed by atoms with van der Waals surface area (Å²) in [5.41, 5.74) is 2.11. The summed E-state index contributed by atoms with van der Waals surface area (Å²) in [4.78, 5) is 12.2. The van der Waals surface area contributed by atoms with Crippen molar-refractivity contribution in [2.75, 3.05) is 6.26 Å². The highest BCUT2D eigenvalue weighted by Gasteiger charge is 2.07. The molecule has 120 valence electrons. The van der Waals surface area contributed by atoms with Gasteiger partial charge in [0.2, 0.25) is 5.24 Å². The van der Waals surface area contributed by atoms with Gasteiger partial charge in [-0.15, -0.1) is 11.8 Å². The lowest BCUT2D eigenvalue weighted by Gasteiger charge is -2.08. The molecule has 0 atom stereocenters. The summed E-state index contributed by atoms with van der Waals surface area (Å²) in [5.74, 6) is -1.27. The van der Waals surface area contributed by atoms with Crippen molar-refractivity contribution in [3.63, 3.8) is 0 Å². The normalized spacial score (nSPS) is 11.6. The Morgan fingerprint density at radius 3 is 2.22 bits per heavy atom. The summed E-state index contributed by atoms with van der Waals surface area (Å²) in [6.45, 7) is 0. The molecule has 0 unspecified atom stereocenters. The molecule has 0 bridgehead atoms. The third kappa shape index (κ3) is 5.48. The van der Waals surface area contributed by atoms with E-state index in [1.807, 2.05) is 30.5 Å². The Kier molecular flexibility index (Phi) is 6.37. The molecule has 0 aliphatic rings. The van der Waals surface area contributed by atoms with Crippen LogP contribution in [0.5, 0.6) is 0 Å². The van der Waals surface area contributed by atoms with Crippen molar-refractivity contribution in [2.24, 2.45) is 0 Å². The zero-order valence-electron chi connectivity index (χ0n) is 12.5. The molecule has 0 saturated carbocycles. The van der Waals surface area contributed by atoms with E-state index in [-0.39, 0.29) is 6.42 Å². The van der Waals surface area contributed by atoms with Crippen molar-refractivity contribution in [3.8, 4) is 0 Å². The number of halogens is 3. The number of thioether (sulfide) groups is 1. The lowest BCUT2D eigenvalue weighted by molar-refractivity contribution is -0.111. The highest BCUT2D eigenvalue weighted by molar-refractivity contribution is 7.98. The van der Waals surface area contributed by atoms with Crippen LogP contribution in [0, 0.1) is 11.6 Å². The zero-order valence-corrected chi connectivity index (χ0v) is 14.1. The summed E-state index contributed by atoms with van der Waals surface area (Å²) in [7, 11) is 0. The van der Waals surface area contributed by atoms with E-state index in [1.165, 1.54) is 12.1 Å². The van der Waals surface area contributed by atoms with Crippen LogP contribution >= 0.6 is 23.4 Å². The topological polar surface area (TPSA) is 17.1 Å². The number of carbonyl (C=O) groups excluding carboxylic acids is 1. The van der Waals surface area contributed by atoms with Gasteiger partial charge in [0.25, 0.3) is 0 Å². The first-order valence-electron chi connectivity index (χ1n) is 6.97. The number of hydrogen-bond acceptors (Lipinski definition) is 2. The standard InChI is InChI=1S/C18H15ClF2OS/c1-23-17-5-2-13(3-6-17)14(4-7-18(19)22)8-12-9-15(20)11-16(21)10-12/h2-3,5-6,8-11H,4,7H2,1H3/b14-8-. The molecule has 0 amide bonds. The molecule has 0 aliphatic heterocycles. The fraction of sp³-hybridized carbons (Fsp3) is 0.167. The summed E-state index contributed by atoms with van der Waals surface area (Å²) in [6, 6.07) is 11.1. The largest absolute Gasteiger partial charge is 0.281 e. The Bertz CT molecular complexity index is 706. The molecule has 5 heteroatoms. The molecule has 2 aromatic carbocycles. The fourth-order valence-corrected chi connectivity index (χ4v) is 2.70. The Morgan fingerprint density at radius 2 is 1.70 bits per heavy atom. The zero-order chi connectivity index (χ0) is 16.8. The van der Waals surface area contributed by atoms with Crippen LogP contribution < -0.4 is 0 Å². The molecule has 0 aromatic heterocycles. The van der Waals surface area contributed by atoms with Crippen LogP contribution in [0.4, 0.5) is 8.78 Å². The van der Waals surface area contributed by atoms with E-state index < -0.39 is 16.9 Å². The summed E-state index contributed by atoms with van der Waals surface area (Å²) < 4.78 is 26.7. The highest BCUT2D eigenvalue weighted by atomic mass is 35.5. The maximum atomic E-state index is 13.3. The molecule has 23 heavy (non-hydrogen) atoms. The molecule has 0 aliphatic carbocycles. The van der Waals surface area contributed by atoms with Gasteiger partial charge in [0.05, 0.1) is 0 Å². The minimum Gasteiger partial charge on any atom is -0.281 e. The molecular formula is C18H15ClF2OS. The van der Waals surface area contributed by atoms with Gasteiger partial charge in [0, 0.05) is 17.4 Å². The van der Waals surface area contributed by atoms with Crippen molar-refractivity contribution < 1.29 is 13.6 Å². The summed E-state index contributed by atoms with van der Waals surface area (Å²) in [6.07, 6.45) is 4.22. The SMILES string of the molecule is CSc1ccc(/C(=C\c2cc(F)cc(F)c2)CCC(=O)Cl)cc1. The van der Waals surface area contributed by atoms with Gasteiger partial charge in [0.1, 0.15) is 11.6 Å². The first-order chi connectivity index (χ1) is 11.0. The van der Waals surface area contributed by atoms with Gasteiger partial charge in [-0.05, 0) is 65.2 Å². The lowest BCUT2D eigenvalue weighted by Crippen LogP contribution is -1.91. The maximum Gasteiger partial charge on any atom is 0.221 e. The van der Waals surface area contributed by atoms with Gasteiger partial charge in [-0.2, -0.15) is 0 Å². The molecule has 2 aromatic rings. The van der Waals surface area contributed by atoms with Gasteiger partial charge >= 0.3 is 0 Å². The fourth-order valence-electron chi connectivity index (χ4n) is 2.20. The quantitative estimate of drug-likeness (QED) is 0.373. The molecule has 0 heterocycles. The Morgan fingerprint density at radius 1 is 1.09 bits per heavy atom. The van der Waals surface area contributed by atoms with Crippen molar-refractivity contribution in [1.82, 2.24) is 0 Å². The van der Waals surface area contributed by atoms with Gasteiger partial charge < -0.3 is 0 Å². The number of allylic oxidation sites excluding steroid dienone is 1. The number of carbonyl (C=O) groups is 1. The van der Waals surface area contributed by atoms with Crippen LogP contribution in [0.1, 0.15) is 24.0 Å². The summed E-state index contributed by atoms with van der Waals surface area (Å²) in [5, 5.41) is -0.443. The van der Waals surface area contributed by atoms with Gasteiger partial charge in [-0.3, -0.25) is 4.79 Å². The molecule has 2 rings (SSSR count).